The van der Waals surface area contributed by atoms with E-state index in [1.54, 1.807) is 7.11 Å². The van der Waals surface area contributed by atoms with Gasteiger partial charge in [-0.2, -0.15) is 0 Å². The van der Waals surface area contributed by atoms with Crippen LogP contribution in [0, 0.1) is 12.8 Å². The number of benzene rings is 1. The van der Waals surface area contributed by atoms with Gasteiger partial charge >= 0.3 is 0 Å². The Balaban J connectivity index is 1.94. The Morgan fingerprint density at radius 1 is 1.42 bits per heavy atom. The minimum Gasteiger partial charge on any atom is -0.495 e. The van der Waals surface area contributed by atoms with Gasteiger partial charge in [0.25, 0.3) is 0 Å². The van der Waals surface area contributed by atoms with E-state index in [9.17, 15) is 4.79 Å². The van der Waals surface area contributed by atoms with Gasteiger partial charge in [-0.25, -0.2) is 0 Å². The second-order valence-electron chi connectivity index (χ2n) is 5.15. The topological polar surface area (TPSA) is 50.4 Å². The summed E-state index contributed by atoms with van der Waals surface area (Å²) in [6.45, 7) is 4.04. The van der Waals surface area contributed by atoms with Crippen LogP contribution in [0.2, 0.25) is 0 Å². The van der Waals surface area contributed by atoms with Crippen LogP contribution in [0.5, 0.6) is 5.75 Å². The molecule has 1 amide bonds. The monoisotopic (exact) mass is 262 g/mol. The Labute approximate surface area is 114 Å². The van der Waals surface area contributed by atoms with E-state index in [0.29, 0.717) is 12.3 Å². The SMILES string of the molecule is COc1cc(C)ccc1NC(=O)CC1CCNCC1. The molecule has 1 saturated heterocycles. The second kappa shape index (κ2) is 6.57. The van der Waals surface area contributed by atoms with E-state index in [0.717, 1.165) is 42.9 Å². The minimum atomic E-state index is 0.0778. The molecule has 1 aliphatic rings. The zero-order chi connectivity index (χ0) is 13.7. The average molecular weight is 262 g/mol. The number of hydrogen-bond donors (Lipinski definition) is 2. The molecule has 0 bridgehead atoms. The summed E-state index contributed by atoms with van der Waals surface area (Å²) >= 11 is 0. The Hall–Kier alpha value is -1.55. The van der Waals surface area contributed by atoms with Gasteiger partial charge in [0.05, 0.1) is 12.8 Å². The third-order valence-electron chi connectivity index (χ3n) is 3.56. The molecule has 0 aliphatic carbocycles. The fourth-order valence-electron chi connectivity index (χ4n) is 2.45. The molecule has 4 nitrogen and oxygen atoms in total. The van der Waals surface area contributed by atoms with Crippen molar-refractivity contribution in [2.45, 2.75) is 26.2 Å². The molecule has 0 spiro atoms. The van der Waals surface area contributed by atoms with Crippen LogP contribution < -0.4 is 15.4 Å². The van der Waals surface area contributed by atoms with E-state index < -0.39 is 0 Å². The quantitative estimate of drug-likeness (QED) is 0.875. The highest BCUT2D eigenvalue weighted by molar-refractivity contribution is 5.92. The summed E-state index contributed by atoms with van der Waals surface area (Å²) in [7, 11) is 1.62. The predicted octanol–water partition coefficient (Wildman–Crippen LogP) is 2.33. The van der Waals surface area contributed by atoms with Crippen molar-refractivity contribution in [2.24, 2.45) is 5.92 Å². The van der Waals surface area contributed by atoms with Crippen molar-refractivity contribution in [3.8, 4) is 5.75 Å². The number of amides is 1. The van der Waals surface area contributed by atoms with Crippen molar-refractivity contribution in [1.82, 2.24) is 5.32 Å². The molecule has 1 aromatic rings. The van der Waals surface area contributed by atoms with Crippen LogP contribution in [0.15, 0.2) is 18.2 Å². The van der Waals surface area contributed by atoms with Crippen LogP contribution in [-0.2, 0) is 4.79 Å². The molecule has 0 atom stereocenters. The lowest BCUT2D eigenvalue weighted by Crippen LogP contribution is -2.30. The van der Waals surface area contributed by atoms with Gasteiger partial charge in [0.1, 0.15) is 5.75 Å². The lowest BCUT2D eigenvalue weighted by molar-refractivity contribution is -0.117. The van der Waals surface area contributed by atoms with Gasteiger partial charge in [-0.3, -0.25) is 4.79 Å². The number of ether oxygens (including phenoxy) is 1. The van der Waals surface area contributed by atoms with Crippen LogP contribution in [0.4, 0.5) is 5.69 Å². The summed E-state index contributed by atoms with van der Waals surface area (Å²) in [5, 5.41) is 6.26. The molecule has 0 unspecified atom stereocenters. The highest BCUT2D eigenvalue weighted by atomic mass is 16.5. The summed E-state index contributed by atoms with van der Waals surface area (Å²) in [6, 6.07) is 5.80. The molecule has 104 valence electrons. The fourth-order valence-corrected chi connectivity index (χ4v) is 2.45. The van der Waals surface area contributed by atoms with Gasteiger partial charge in [-0.15, -0.1) is 0 Å². The Morgan fingerprint density at radius 2 is 2.16 bits per heavy atom. The summed E-state index contributed by atoms with van der Waals surface area (Å²) in [5.74, 6) is 1.30. The maximum Gasteiger partial charge on any atom is 0.224 e. The van der Waals surface area contributed by atoms with E-state index >= 15 is 0 Å². The number of carbonyl (C=O) groups excluding carboxylic acids is 1. The highest BCUT2D eigenvalue weighted by Crippen LogP contribution is 2.26. The van der Waals surface area contributed by atoms with E-state index in [1.807, 2.05) is 25.1 Å². The lowest BCUT2D eigenvalue weighted by Gasteiger charge is -2.22. The Morgan fingerprint density at radius 3 is 2.84 bits per heavy atom. The molecular formula is C15H22N2O2. The van der Waals surface area contributed by atoms with Crippen molar-refractivity contribution in [3.05, 3.63) is 23.8 Å². The third kappa shape index (κ3) is 3.96. The van der Waals surface area contributed by atoms with E-state index in [2.05, 4.69) is 10.6 Å². The minimum absolute atomic E-state index is 0.0778. The molecule has 2 rings (SSSR count). The molecule has 1 fully saturated rings. The van der Waals surface area contributed by atoms with Gasteiger partial charge in [0, 0.05) is 6.42 Å². The summed E-state index contributed by atoms with van der Waals surface area (Å²) in [5.41, 5.74) is 1.88. The van der Waals surface area contributed by atoms with E-state index in [-0.39, 0.29) is 5.91 Å². The Kier molecular flexibility index (Phi) is 4.80. The highest BCUT2D eigenvalue weighted by Gasteiger charge is 2.17. The zero-order valence-electron chi connectivity index (χ0n) is 11.7. The molecule has 0 saturated carbocycles. The molecular weight excluding hydrogens is 240 g/mol. The number of anilines is 1. The number of rotatable bonds is 4. The molecule has 1 heterocycles. The van der Waals surface area contributed by atoms with E-state index in [1.165, 1.54) is 0 Å². The van der Waals surface area contributed by atoms with Gasteiger partial charge < -0.3 is 15.4 Å². The van der Waals surface area contributed by atoms with Gasteiger partial charge in [0.2, 0.25) is 5.91 Å². The maximum absolute atomic E-state index is 12.0. The molecule has 0 aromatic heterocycles. The lowest BCUT2D eigenvalue weighted by atomic mass is 9.94. The first kappa shape index (κ1) is 13.9. The number of nitrogens with one attached hydrogen (secondary N) is 2. The molecule has 19 heavy (non-hydrogen) atoms. The molecule has 2 N–H and O–H groups in total. The van der Waals surface area contributed by atoms with Crippen molar-refractivity contribution >= 4 is 11.6 Å². The van der Waals surface area contributed by atoms with Gasteiger partial charge in [-0.1, -0.05) is 6.07 Å². The summed E-state index contributed by atoms with van der Waals surface area (Å²) in [6.07, 6.45) is 2.76. The number of hydrogen-bond acceptors (Lipinski definition) is 3. The van der Waals surface area contributed by atoms with E-state index in [4.69, 9.17) is 4.74 Å². The second-order valence-corrected chi connectivity index (χ2v) is 5.15. The van der Waals surface area contributed by atoms with Crippen LogP contribution in [0.3, 0.4) is 0 Å². The standard InChI is InChI=1S/C15H22N2O2/c1-11-3-4-13(14(9-11)19-2)17-15(18)10-12-5-7-16-8-6-12/h3-4,9,12,16H,5-8,10H2,1-2H3,(H,17,18). The molecule has 0 radical (unpaired) electrons. The normalized spacial score (nSPS) is 16.1. The van der Waals surface area contributed by atoms with Crippen molar-refractivity contribution in [3.63, 3.8) is 0 Å². The van der Waals surface area contributed by atoms with Crippen LogP contribution in [0.1, 0.15) is 24.8 Å². The summed E-state index contributed by atoms with van der Waals surface area (Å²) < 4.78 is 5.29. The fraction of sp³-hybridized carbons (Fsp3) is 0.533. The van der Waals surface area contributed by atoms with Crippen molar-refractivity contribution < 1.29 is 9.53 Å². The largest absolute Gasteiger partial charge is 0.495 e. The Bertz CT molecular complexity index is 440. The predicted molar refractivity (Wildman–Crippen MR) is 76.6 cm³/mol. The van der Waals surface area contributed by atoms with Crippen LogP contribution >= 0.6 is 0 Å². The zero-order valence-corrected chi connectivity index (χ0v) is 11.7. The number of piperidine rings is 1. The molecule has 1 aromatic carbocycles. The van der Waals surface area contributed by atoms with Crippen LogP contribution in [-0.4, -0.2) is 26.1 Å². The van der Waals surface area contributed by atoms with Gasteiger partial charge in [-0.05, 0) is 56.5 Å². The third-order valence-corrected chi connectivity index (χ3v) is 3.56. The van der Waals surface area contributed by atoms with Crippen molar-refractivity contribution in [2.75, 3.05) is 25.5 Å². The maximum atomic E-state index is 12.0. The number of aryl methyl sites for hydroxylation is 1. The summed E-state index contributed by atoms with van der Waals surface area (Å²) in [4.78, 5) is 12.0. The smallest absolute Gasteiger partial charge is 0.224 e. The van der Waals surface area contributed by atoms with Crippen molar-refractivity contribution in [1.29, 1.82) is 0 Å². The molecule has 4 heteroatoms. The average Bonchev–Trinajstić information content (AvgIpc) is 2.42. The first-order valence-electron chi connectivity index (χ1n) is 6.84. The first-order chi connectivity index (χ1) is 9.19. The van der Waals surface area contributed by atoms with Gasteiger partial charge in [0.15, 0.2) is 0 Å². The van der Waals surface area contributed by atoms with Crippen LogP contribution in [0.25, 0.3) is 0 Å². The first-order valence-corrected chi connectivity index (χ1v) is 6.84. The number of methoxy groups -OCH3 is 1. The molecule has 1 aliphatic heterocycles. The number of carbonyl (C=O) groups is 1.